The minimum atomic E-state index is -0.0666. The Morgan fingerprint density at radius 3 is 1.53 bits per heavy atom. The lowest BCUT2D eigenvalue weighted by Gasteiger charge is -2.13. The highest BCUT2D eigenvalue weighted by Crippen LogP contribution is 2.11. The van der Waals surface area contributed by atoms with E-state index in [1.165, 1.54) is 70.6 Å². The Morgan fingerprint density at radius 1 is 0.789 bits per heavy atom. The van der Waals surface area contributed by atoms with Crippen LogP contribution in [-0.4, -0.2) is 24.4 Å². The molecule has 0 aliphatic heterocycles. The summed E-state index contributed by atoms with van der Waals surface area (Å²) in [5, 5.41) is 0. The van der Waals surface area contributed by atoms with Crippen molar-refractivity contribution in [2.45, 2.75) is 84.0 Å². The standard InChI is InChI=1S/C17H34NO/c1-4-5-6-7-8-9-10-11-12-13-14-15-16-18(3)17(2)19/h2,4-16H2,1,3H3. The van der Waals surface area contributed by atoms with Gasteiger partial charge in [-0.3, -0.25) is 4.79 Å². The number of hydrogen-bond acceptors (Lipinski definition) is 1. The van der Waals surface area contributed by atoms with Crippen LogP contribution in [0.1, 0.15) is 84.0 Å². The molecule has 0 aromatic carbocycles. The monoisotopic (exact) mass is 268 g/mol. The van der Waals surface area contributed by atoms with Gasteiger partial charge < -0.3 is 4.90 Å². The van der Waals surface area contributed by atoms with Gasteiger partial charge in [-0.05, 0) is 6.42 Å². The van der Waals surface area contributed by atoms with Gasteiger partial charge in [-0.15, -0.1) is 0 Å². The Morgan fingerprint density at radius 2 is 1.16 bits per heavy atom. The number of carbonyl (C=O) groups excluding carboxylic acids is 1. The Kier molecular flexibility index (Phi) is 13.5. The van der Waals surface area contributed by atoms with Crippen molar-refractivity contribution in [1.82, 2.24) is 4.90 Å². The topological polar surface area (TPSA) is 20.3 Å². The van der Waals surface area contributed by atoms with Crippen molar-refractivity contribution in [3.05, 3.63) is 6.92 Å². The normalized spacial score (nSPS) is 10.7. The van der Waals surface area contributed by atoms with Gasteiger partial charge >= 0.3 is 0 Å². The molecular formula is C17H34NO. The Hall–Kier alpha value is -0.530. The zero-order valence-corrected chi connectivity index (χ0v) is 13.3. The summed E-state index contributed by atoms with van der Waals surface area (Å²) in [6.07, 6.45) is 16.3. The largest absolute Gasteiger partial charge is 0.346 e. The molecule has 2 heteroatoms. The first-order chi connectivity index (χ1) is 9.18. The van der Waals surface area contributed by atoms with Gasteiger partial charge in [0.2, 0.25) is 5.91 Å². The average Bonchev–Trinajstić information content (AvgIpc) is 2.39. The summed E-state index contributed by atoms with van der Waals surface area (Å²) in [5.41, 5.74) is 0. The highest BCUT2D eigenvalue weighted by molar-refractivity contribution is 5.79. The number of amides is 1. The lowest BCUT2D eigenvalue weighted by molar-refractivity contribution is -0.125. The molecule has 0 N–H and O–H groups in total. The van der Waals surface area contributed by atoms with Gasteiger partial charge in [0.05, 0.1) is 0 Å². The fourth-order valence-electron chi connectivity index (χ4n) is 2.31. The molecule has 19 heavy (non-hydrogen) atoms. The van der Waals surface area contributed by atoms with Gasteiger partial charge in [0.15, 0.2) is 0 Å². The lowest BCUT2D eigenvalue weighted by Crippen LogP contribution is -2.24. The molecular weight excluding hydrogens is 234 g/mol. The van der Waals surface area contributed by atoms with Crippen LogP contribution in [0, 0.1) is 6.92 Å². The van der Waals surface area contributed by atoms with Crippen molar-refractivity contribution in [3.8, 4) is 0 Å². The fraction of sp³-hybridized carbons (Fsp3) is 0.882. The SMILES string of the molecule is [CH2]C(=O)N(C)CCCCCCCCCCCCCC. The number of rotatable bonds is 13. The van der Waals surface area contributed by atoms with E-state index in [1.54, 1.807) is 4.90 Å². The third kappa shape index (κ3) is 13.7. The predicted molar refractivity (Wildman–Crippen MR) is 84.1 cm³/mol. The van der Waals surface area contributed by atoms with Crippen LogP contribution in [0.3, 0.4) is 0 Å². The van der Waals surface area contributed by atoms with Gasteiger partial charge in [-0.25, -0.2) is 0 Å². The van der Waals surface area contributed by atoms with Crippen LogP contribution >= 0.6 is 0 Å². The molecule has 0 heterocycles. The second-order valence-electron chi connectivity index (χ2n) is 5.70. The fourth-order valence-corrected chi connectivity index (χ4v) is 2.31. The van der Waals surface area contributed by atoms with E-state index in [0.29, 0.717) is 0 Å². The molecule has 1 amide bonds. The Labute approximate surface area is 120 Å². The number of carbonyl (C=O) groups is 1. The van der Waals surface area contributed by atoms with Crippen molar-refractivity contribution in [3.63, 3.8) is 0 Å². The summed E-state index contributed by atoms with van der Waals surface area (Å²) >= 11 is 0. The van der Waals surface area contributed by atoms with Crippen LogP contribution in [0.4, 0.5) is 0 Å². The smallest absolute Gasteiger partial charge is 0.222 e. The maximum absolute atomic E-state index is 10.9. The van der Waals surface area contributed by atoms with Gasteiger partial charge in [-0.1, -0.05) is 77.6 Å². The second kappa shape index (κ2) is 13.9. The van der Waals surface area contributed by atoms with Crippen molar-refractivity contribution >= 4 is 5.91 Å². The van der Waals surface area contributed by atoms with Crippen molar-refractivity contribution in [2.24, 2.45) is 0 Å². The van der Waals surface area contributed by atoms with Gasteiger partial charge in [0.1, 0.15) is 0 Å². The molecule has 1 radical (unpaired) electrons. The Balaban J connectivity index is 3.05. The number of hydrogen-bond donors (Lipinski definition) is 0. The molecule has 113 valence electrons. The van der Waals surface area contributed by atoms with E-state index in [2.05, 4.69) is 13.8 Å². The molecule has 0 aliphatic carbocycles. The first kappa shape index (κ1) is 18.5. The van der Waals surface area contributed by atoms with Crippen LogP contribution in [0.2, 0.25) is 0 Å². The molecule has 0 saturated carbocycles. The molecule has 2 nitrogen and oxygen atoms in total. The van der Waals surface area contributed by atoms with E-state index in [1.807, 2.05) is 7.05 Å². The molecule has 0 unspecified atom stereocenters. The first-order valence-corrected chi connectivity index (χ1v) is 8.25. The zero-order chi connectivity index (χ0) is 14.3. The van der Waals surface area contributed by atoms with E-state index in [9.17, 15) is 4.79 Å². The summed E-state index contributed by atoms with van der Waals surface area (Å²) < 4.78 is 0. The van der Waals surface area contributed by atoms with Crippen LogP contribution in [0.15, 0.2) is 0 Å². The second-order valence-corrected chi connectivity index (χ2v) is 5.70. The predicted octanol–water partition coefficient (Wildman–Crippen LogP) is 4.98. The molecule has 0 aliphatic rings. The van der Waals surface area contributed by atoms with Gasteiger partial charge in [0.25, 0.3) is 0 Å². The first-order valence-electron chi connectivity index (χ1n) is 8.25. The summed E-state index contributed by atoms with van der Waals surface area (Å²) in [6.45, 7) is 6.53. The summed E-state index contributed by atoms with van der Waals surface area (Å²) in [4.78, 5) is 12.6. The average molecular weight is 268 g/mol. The van der Waals surface area contributed by atoms with Crippen molar-refractivity contribution in [1.29, 1.82) is 0 Å². The molecule has 0 atom stereocenters. The van der Waals surface area contributed by atoms with Crippen LogP contribution < -0.4 is 0 Å². The quantitative estimate of drug-likeness (QED) is 0.431. The van der Waals surface area contributed by atoms with Gasteiger partial charge in [0, 0.05) is 20.5 Å². The van der Waals surface area contributed by atoms with Crippen molar-refractivity contribution in [2.75, 3.05) is 13.6 Å². The van der Waals surface area contributed by atoms with E-state index < -0.39 is 0 Å². The maximum Gasteiger partial charge on any atom is 0.222 e. The van der Waals surface area contributed by atoms with Gasteiger partial charge in [-0.2, -0.15) is 0 Å². The molecule has 0 fully saturated rings. The van der Waals surface area contributed by atoms with Crippen LogP contribution in [0.5, 0.6) is 0 Å². The summed E-state index contributed by atoms with van der Waals surface area (Å²) in [6, 6.07) is 0. The highest BCUT2D eigenvalue weighted by Gasteiger charge is 2.00. The molecule has 0 rings (SSSR count). The highest BCUT2D eigenvalue weighted by atomic mass is 16.2. The molecule has 0 spiro atoms. The summed E-state index contributed by atoms with van der Waals surface area (Å²) in [7, 11) is 1.83. The van der Waals surface area contributed by atoms with Crippen molar-refractivity contribution < 1.29 is 4.79 Å². The minimum absolute atomic E-state index is 0.0666. The molecule has 0 saturated heterocycles. The Bertz CT molecular complexity index is 203. The minimum Gasteiger partial charge on any atom is -0.346 e. The van der Waals surface area contributed by atoms with E-state index in [-0.39, 0.29) is 5.91 Å². The third-order valence-corrected chi connectivity index (χ3v) is 3.77. The molecule has 0 aromatic rings. The van der Waals surface area contributed by atoms with Crippen LogP contribution in [-0.2, 0) is 4.79 Å². The van der Waals surface area contributed by atoms with E-state index in [0.717, 1.165) is 13.0 Å². The summed E-state index contributed by atoms with van der Waals surface area (Å²) in [5.74, 6) is -0.0666. The lowest BCUT2D eigenvalue weighted by atomic mass is 10.1. The molecule has 0 bridgehead atoms. The molecule has 0 aromatic heterocycles. The number of unbranched alkanes of at least 4 members (excludes halogenated alkanes) is 11. The van der Waals surface area contributed by atoms with E-state index >= 15 is 0 Å². The number of nitrogens with zero attached hydrogens (tertiary/aromatic N) is 1. The van der Waals surface area contributed by atoms with E-state index in [4.69, 9.17) is 0 Å². The van der Waals surface area contributed by atoms with Crippen LogP contribution in [0.25, 0.3) is 0 Å². The third-order valence-electron chi connectivity index (χ3n) is 3.77. The maximum atomic E-state index is 10.9. The zero-order valence-electron chi connectivity index (χ0n) is 13.3.